The number of nitrogens with zero attached hydrogens (tertiary/aromatic N) is 1. The Hall–Kier alpha value is -1.35. The first-order valence-electron chi connectivity index (χ1n) is 5.55. The van der Waals surface area contributed by atoms with Crippen molar-refractivity contribution in [1.82, 2.24) is 4.98 Å². The van der Waals surface area contributed by atoms with Crippen LogP contribution in [0.3, 0.4) is 0 Å². The van der Waals surface area contributed by atoms with E-state index in [1.807, 2.05) is 24.4 Å². The molecule has 0 aliphatic rings. The van der Waals surface area contributed by atoms with Crippen molar-refractivity contribution < 1.29 is 4.74 Å². The molecule has 0 bridgehead atoms. The zero-order valence-electron chi connectivity index (χ0n) is 9.47. The summed E-state index contributed by atoms with van der Waals surface area (Å²) in [7, 11) is 0. The summed E-state index contributed by atoms with van der Waals surface area (Å²) < 4.78 is 5.67. The van der Waals surface area contributed by atoms with Gasteiger partial charge in [0.1, 0.15) is 5.75 Å². The zero-order chi connectivity index (χ0) is 11.9. The Bertz CT molecular complexity index is 442. The summed E-state index contributed by atoms with van der Waals surface area (Å²) in [5.74, 6) is 0.915. The molecule has 0 radical (unpaired) electrons. The van der Waals surface area contributed by atoms with Gasteiger partial charge in [0.25, 0.3) is 0 Å². The second-order valence-electron chi connectivity index (χ2n) is 3.74. The van der Waals surface area contributed by atoms with Gasteiger partial charge in [0.2, 0.25) is 0 Å². The van der Waals surface area contributed by atoms with Crippen LogP contribution in [-0.2, 0) is 11.8 Å². The largest absolute Gasteiger partial charge is 0.493 e. The minimum atomic E-state index is 0.680. The van der Waals surface area contributed by atoms with E-state index in [-0.39, 0.29) is 0 Å². The zero-order valence-corrected chi connectivity index (χ0v) is 11.1. The molecule has 0 atom stereocenters. The molecule has 1 aromatic heterocycles. The van der Waals surface area contributed by atoms with E-state index in [4.69, 9.17) is 4.74 Å². The molecule has 0 aliphatic carbocycles. The van der Waals surface area contributed by atoms with Crippen LogP contribution in [0.15, 0.2) is 48.8 Å². The van der Waals surface area contributed by atoms with E-state index in [9.17, 15) is 0 Å². The van der Waals surface area contributed by atoms with Crippen molar-refractivity contribution in [1.29, 1.82) is 0 Å². The average Bonchev–Trinajstić information content (AvgIpc) is 2.41. The molecule has 2 nitrogen and oxygen atoms in total. The minimum Gasteiger partial charge on any atom is -0.493 e. The van der Waals surface area contributed by atoms with Gasteiger partial charge in [-0.2, -0.15) is 0 Å². The number of alkyl halides is 1. The number of rotatable bonds is 5. The Kier molecular flexibility index (Phi) is 4.56. The highest BCUT2D eigenvalue weighted by molar-refractivity contribution is 9.08. The van der Waals surface area contributed by atoms with Gasteiger partial charge in [0.05, 0.1) is 6.61 Å². The molecule has 0 spiro atoms. The van der Waals surface area contributed by atoms with Crippen LogP contribution in [0.25, 0.3) is 0 Å². The Morgan fingerprint density at radius 3 is 2.53 bits per heavy atom. The van der Waals surface area contributed by atoms with Gasteiger partial charge in [0, 0.05) is 24.1 Å². The van der Waals surface area contributed by atoms with E-state index in [2.05, 4.69) is 39.1 Å². The maximum atomic E-state index is 5.67. The molecule has 0 N–H and O–H groups in total. The smallest absolute Gasteiger partial charge is 0.119 e. The van der Waals surface area contributed by atoms with Crippen LogP contribution in [0.2, 0.25) is 0 Å². The fourth-order valence-corrected chi connectivity index (χ4v) is 1.88. The molecular formula is C14H14BrNO. The van der Waals surface area contributed by atoms with Crippen molar-refractivity contribution in [2.45, 2.75) is 11.8 Å². The number of ether oxygens (including phenoxy) is 1. The SMILES string of the molecule is BrCc1ccc(OCCc2cccnc2)cc1. The van der Waals surface area contributed by atoms with Crippen molar-refractivity contribution in [3.8, 4) is 5.75 Å². The van der Waals surface area contributed by atoms with E-state index >= 15 is 0 Å². The molecule has 2 rings (SSSR count). The van der Waals surface area contributed by atoms with Crippen molar-refractivity contribution >= 4 is 15.9 Å². The fourth-order valence-electron chi connectivity index (χ4n) is 1.51. The predicted molar refractivity (Wildman–Crippen MR) is 72.5 cm³/mol. The lowest BCUT2D eigenvalue weighted by Crippen LogP contribution is -2.01. The lowest BCUT2D eigenvalue weighted by molar-refractivity contribution is 0.322. The maximum Gasteiger partial charge on any atom is 0.119 e. The summed E-state index contributed by atoms with van der Waals surface area (Å²) in [5, 5.41) is 0.878. The van der Waals surface area contributed by atoms with Gasteiger partial charge in [0.15, 0.2) is 0 Å². The first kappa shape index (κ1) is 12.1. The van der Waals surface area contributed by atoms with Crippen LogP contribution in [0.5, 0.6) is 5.75 Å². The molecule has 0 saturated carbocycles. The second kappa shape index (κ2) is 6.40. The van der Waals surface area contributed by atoms with Gasteiger partial charge < -0.3 is 4.74 Å². The Morgan fingerprint density at radius 2 is 1.88 bits per heavy atom. The average molecular weight is 292 g/mol. The molecule has 2 aromatic rings. The standard InChI is InChI=1S/C14H14BrNO/c15-10-12-3-5-14(6-4-12)17-9-7-13-2-1-8-16-11-13/h1-6,8,11H,7,9-10H2. The number of aromatic nitrogens is 1. The first-order valence-corrected chi connectivity index (χ1v) is 6.67. The fraction of sp³-hybridized carbons (Fsp3) is 0.214. The molecule has 3 heteroatoms. The van der Waals surface area contributed by atoms with Gasteiger partial charge >= 0.3 is 0 Å². The van der Waals surface area contributed by atoms with Crippen molar-refractivity contribution in [3.05, 3.63) is 59.9 Å². The molecular weight excluding hydrogens is 278 g/mol. The van der Waals surface area contributed by atoms with E-state index in [1.165, 1.54) is 11.1 Å². The lowest BCUT2D eigenvalue weighted by Gasteiger charge is -2.06. The number of hydrogen-bond acceptors (Lipinski definition) is 2. The van der Waals surface area contributed by atoms with Crippen LogP contribution in [0, 0.1) is 0 Å². The van der Waals surface area contributed by atoms with Crippen LogP contribution in [0.4, 0.5) is 0 Å². The highest BCUT2D eigenvalue weighted by atomic mass is 79.9. The van der Waals surface area contributed by atoms with Gasteiger partial charge in [-0.1, -0.05) is 34.1 Å². The van der Waals surface area contributed by atoms with Crippen LogP contribution in [-0.4, -0.2) is 11.6 Å². The van der Waals surface area contributed by atoms with Crippen LogP contribution in [0.1, 0.15) is 11.1 Å². The Labute approximate surface area is 110 Å². The highest BCUT2D eigenvalue weighted by Gasteiger charge is 1.96. The summed E-state index contributed by atoms with van der Waals surface area (Å²) in [6, 6.07) is 12.1. The summed E-state index contributed by atoms with van der Waals surface area (Å²) in [6.07, 6.45) is 4.54. The van der Waals surface area contributed by atoms with Crippen molar-refractivity contribution in [2.75, 3.05) is 6.61 Å². The summed E-state index contributed by atoms with van der Waals surface area (Å²) in [5.41, 5.74) is 2.45. The summed E-state index contributed by atoms with van der Waals surface area (Å²) in [6.45, 7) is 0.680. The number of pyridine rings is 1. The Morgan fingerprint density at radius 1 is 1.06 bits per heavy atom. The van der Waals surface area contributed by atoms with Gasteiger partial charge in [-0.05, 0) is 29.3 Å². The molecule has 0 unspecified atom stereocenters. The topological polar surface area (TPSA) is 22.1 Å². The lowest BCUT2D eigenvalue weighted by atomic mass is 10.2. The third-order valence-corrected chi connectivity index (χ3v) is 3.11. The van der Waals surface area contributed by atoms with Crippen LogP contribution >= 0.6 is 15.9 Å². The number of benzene rings is 1. The third kappa shape index (κ3) is 3.86. The molecule has 0 fully saturated rings. The predicted octanol–water partition coefficient (Wildman–Crippen LogP) is 3.60. The van der Waals surface area contributed by atoms with Crippen molar-refractivity contribution in [2.24, 2.45) is 0 Å². The van der Waals surface area contributed by atoms with Gasteiger partial charge in [-0.15, -0.1) is 0 Å². The Balaban J connectivity index is 1.82. The summed E-state index contributed by atoms with van der Waals surface area (Å²) >= 11 is 3.42. The van der Waals surface area contributed by atoms with E-state index in [0.717, 1.165) is 17.5 Å². The second-order valence-corrected chi connectivity index (χ2v) is 4.30. The first-order chi connectivity index (χ1) is 8.38. The minimum absolute atomic E-state index is 0.680. The molecule has 1 aromatic carbocycles. The van der Waals surface area contributed by atoms with E-state index in [0.29, 0.717) is 6.61 Å². The molecule has 0 saturated heterocycles. The van der Waals surface area contributed by atoms with Crippen molar-refractivity contribution in [3.63, 3.8) is 0 Å². The molecule has 17 heavy (non-hydrogen) atoms. The summed E-state index contributed by atoms with van der Waals surface area (Å²) in [4.78, 5) is 4.07. The highest BCUT2D eigenvalue weighted by Crippen LogP contribution is 2.14. The molecule has 0 aliphatic heterocycles. The van der Waals surface area contributed by atoms with Gasteiger partial charge in [-0.25, -0.2) is 0 Å². The molecule has 1 heterocycles. The van der Waals surface area contributed by atoms with E-state index < -0.39 is 0 Å². The quantitative estimate of drug-likeness (QED) is 0.786. The monoisotopic (exact) mass is 291 g/mol. The molecule has 88 valence electrons. The molecule has 0 amide bonds. The number of hydrogen-bond donors (Lipinski definition) is 0. The third-order valence-electron chi connectivity index (χ3n) is 2.46. The van der Waals surface area contributed by atoms with E-state index in [1.54, 1.807) is 6.20 Å². The normalized spacial score (nSPS) is 10.2. The van der Waals surface area contributed by atoms with Gasteiger partial charge in [-0.3, -0.25) is 4.98 Å². The number of halogens is 1. The van der Waals surface area contributed by atoms with Crippen LogP contribution < -0.4 is 4.74 Å². The maximum absolute atomic E-state index is 5.67.